The lowest BCUT2D eigenvalue weighted by atomic mass is 10.1. The van der Waals surface area contributed by atoms with Crippen molar-refractivity contribution in [2.75, 3.05) is 6.61 Å². The minimum Gasteiger partial charge on any atom is -0.508 e. The van der Waals surface area contributed by atoms with Gasteiger partial charge in [0.25, 0.3) is 0 Å². The fourth-order valence-corrected chi connectivity index (χ4v) is 0.923. The zero-order chi connectivity index (χ0) is 11.5. The average molecular weight is 210 g/mol. The summed E-state index contributed by atoms with van der Waals surface area (Å²) < 4.78 is 4.86. The smallest absolute Gasteiger partial charge is 0.338 e. The van der Waals surface area contributed by atoms with Crippen molar-refractivity contribution in [3.63, 3.8) is 0 Å². The molecule has 0 atom stereocenters. The van der Waals surface area contributed by atoms with E-state index in [1.54, 1.807) is 13.8 Å². The number of rotatable bonds is 3. The topological polar surface area (TPSA) is 66.8 Å². The van der Waals surface area contributed by atoms with Gasteiger partial charge >= 0.3 is 5.97 Å². The van der Waals surface area contributed by atoms with E-state index in [0.717, 1.165) is 0 Å². The Balaban J connectivity index is 2.58. The molecule has 0 bridgehead atoms. The molecule has 0 fully saturated rings. The molecule has 4 heteroatoms. The molecule has 0 saturated heterocycles. The van der Waals surface area contributed by atoms with Crippen molar-refractivity contribution < 1.29 is 19.7 Å². The van der Waals surface area contributed by atoms with E-state index >= 15 is 0 Å². The highest BCUT2D eigenvalue weighted by Crippen LogP contribution is 2.11. The largest absolute Gasteiger partial charge is 0.508 e. The van der Waals surface area contributed by atoms with Gasteiger partial charge in [0.1, 0.15) is 12.4 Å². The van der Waals surface area contributed by atoms with Crippen LogP contribution in [0.5, 0.6) is 5.75 Å². The van der Waals surface area contributed by atoms with Crippen molar-refractivity contribution in [2.45, 2.75) is 19.4 Å². The quantitative estimate of drug-likeness (QED) is 0.738. The van der Waals surface area contributed by atoms with Crippen molar-refractivity contribution in [1.29, 1.82) is 0 Å². The van der Waals surface area contributed by atoms with Crippen LogP contribution in [0.4, 0.5) is 0 Å². The summed E-state index contributed by atoms with van der Waals surface area (Å²) >= 11 is 0. The fraction of sp³-hybridized carbons (Fsp3) is 0.364. The molecule has 82 valence electrons. The van der Waals surface area contributed by atoms with E-state index in [0.29, 0.717) is 5.56 Å². The van der Waals surface area contributed by atoms with E-state index in [1.165, 1.54) is 24.3 Å². The summed E-state index contributed by atoms with van der Waals surface area (Å²) in [5.41, 5.74) is -0.691. The van der Waals surface area contributed by atoms with Gasteiger partial charge in [0.05, 0.1) is 11.2 Å². The molecule has 1 rings (SSSR count). The third-order valence-electron chi connectivity index (χ3n) is 1.66. The Labute approximate surface area is 88.1 Å². The molecule has 0 saturated carbocycles. The highest BCUT2D eigenvalue weighted by Gasteiger charge is 2.16. The third kappa shape index (κ3) is 3.99. The summed E-state index contributed by atoms with van der Waals surface area (Å²) in [6, 6.07) is 5.73. The van der Waals surface area contributed by atoms with Crippen LogP contribution in [-0.4, -0.2) is 28.4 Å². The molecule has 4 nitrogen and oxygen atoms in total. The molecule has 0 spiro atoms. The van der Waals surface area contributed by atoms with E-state index in [9.17, 15) is 9.90 Å². The number of carbonyl (C=O) groups is 1. The minimum absolute atomic E-state index is 0.0628. The van der Waals surface area contributed by atoms with Gasteiger partial charge in [-0.05, 0) is 38.1 Å². The number of ether oxygens (including phenoxy) is 1. The highest BCUT2D eigenvalue weighted by molar-refractivity contribution is 5.89. The molecule has 0 radical (unpaired) electrons. The molecule has 0 heterocycles. The summed E-state index contributed by atoms with van der Waals surface area (Å²) in [5, 5.41) is 18.3. The predicted octanol–water partition coefficient (Wildman–Crippen LogP) is 1.32. The van der Waals surface area contributed by atoms with Gasteiger partial charge in [-0.3, -0.25) is 0 Å². The van der Waals surface area contributed by atoms with Crippen LogP contribution < -0.4 is 0 Å². The summed E-state index contributed by atoms with van der Waals surface area (Å²) in [6.07, 6.45) is 0. The summed E-state index contributed by atoms with van der Waals surface area (Å²) in [7, 11) is 0. The Bertz CT molecular complexity index is 335. The van der Waals surface area contributed by atoms with Gasteiger partial charge in [0, 0.05) is 0 Å². The number of carbonyl (C=O) groups excluding carboxylic acids is 1. The van der Waals surface area contributed by atoms with E-state index in [2.05, 4.69) is 0 Å². The second-order valence-electron chi connectivity index (χ2n) is 3.94. The summed E-state index contributed by atoms with van der Waals surface area (Å²) in [5.74, 6) is -0.425. The van der Waals surface area contributed by atoms with Crippen LogP contribution in [-0.2, 0) is 4.74 Å². The first kappa shape index (κ1) is 11.5. The fourth-order valence-electron chi connectivity index (χ4n) is 0.923. The van der Waals surface area contributed by atoms with E-state index in [1.807, 2.05) is 0 Å². The van der Waals surface area contributed by atoms with Crippen molar-refractivity contribution >= 4 is 5.97 Å². The Morgan fingerprint density at radius 3 is 2.33 bits per heavy atom. The van der Waals surface area contributed by atoms with Crippen molar-refractivity contribution in [2.24, 2.45) is 0 Å². The van der Waals surface area contributed by atoms with Crippen LogP contribution in [0.2, 0.25) is 0 Å². The van der Waals surface area contributed by atoms with E-state index < -0.39 is 11.6 Å². The number of phenols is 1. The highest BCUT2D eigenvalue weighted by atomic mass is 16.5. The van der Waals surface area contributed by atoms with Crippen LogP contribution in [0.3, 0.4) is 0 Å². The van der Waals surface area contributed by atoms with Gasteiger partial charge in [-0.2, -0.15) is 0 Å². The van der Waals surface area contributed by atoms with Gasteiger partial charge < -0.3 is 14.9 Å². The SMILES string of the molecule is CC(C)(O)COC(=O)c1ccc(O)cc1. The molecule has 2 N–H and O–H groups in total. The summed E-state index contributed by atoms with van der Waals surface area (Å²) in [4.78, 5) is 11.4. The monoisotopic (exact) mass is 210 g/mol. The Hall–Kier alpha value is -1.55. The maximum Gasteiger partial charge on any atom is 0.338 e. The number of aliphatic hydroxyl groups is 1. The van der Waals surface area contributed by atoms with Crippen LogP contribution in [0.25, 0.3) is 0 Å². The van der Waals surface area contributed by atoms with Crippen molar-refractivity contribution in [3.05, 3.63) is 29.8 Å². The third-order valence-corrected chi connectivity index (χ3v) is 1.66. The van der Waals surface area contributed by atoms with Gasteiger partial charge in [0.15, 0.2) is 0 Å². The van der Waals surface area contributed by atoms with E-state index in [-0.39, 0.29) is 12.4 Å². The molecule has 0 aliphatic carbocycles. The molecule has 15 heavy (non-hydrogen) atoms. The first-order valence-electron chi connectivity index (χ1n) is 4.57. The Morgan fingerprint density at radius 2 is 1.87 bits per heavy atom. The zero-order valence-electron chi connectivity index (χ0n) is 8.73. The Morgan fingerprint density at radius 1 is 1.33 bits per heavy atom. The van der Waals surface area contributed by atoms with Gasteiger partial charge in [0.2, 0.25) is 0 Å². The number of phenolic OH excluding ortho intramolecular Hbond substituents is 1. The normalized spacial score (nSPS) is 11.1. The minimum atomic E-state index is -1.04. The molecule has 0 amide bonds. The lowest BCUT2D eigenvalue weighted by Gasteiger charge is -2.16. The van der Waals surface area contributed by atoms with Crippen LogP contribution >= 0.6 is 0 Å². The number of benzene rings is 1. The maximum absolute atomic E-state index is 11.4. The number of aromatic hydroxyl groups is 1. The molecule has 0 aliphatic heterocycles. The number of esters is 1. The molecule has 0 aliphatic rings. The second kappa shape index (κ2) is 4.31. The summed E-state index contributed by atoms with van der Waals surface area (Å²) in [6.45, 7) is 3.04. The first-order chi connectivity index (χ1) is 6.88. The Kier molecular flexibility index (Phi) is 3.31. The molecule has 0 unspecified atom stereocenters. The second-order valence-corrected chi connectivity index (χ2v) is 3.94. The van der Waals surface area contributed by atoms with Gasteiger partial charge in [-0.1, -0.05) is 0 Å². The first-order valence-corrected chi connectivity index (χ1v) is 4.57. The number of hydrogen-bond donors (Lipinski definition) is 2. The van der Waals surface area contributed by atoms with Crippen molar-refractivity contribution in [3.8, 4) is 5.75 Å². The predicted molar refractivity (Wildman–Crippen MR) is 54.7 cm³/mol. The molecular weight excluding hydrogens is 196 g/mol. The molecule has 1 aromatic carbocycles. The lowest BCUT2D eigenvalue weighted by molar-refractivity contribution is -0.0100. The van der Waals surface area contributed by atoms with Crippen molar-refractivity contribution in [1.82, 2.24) is 0 Å². The molecule has 0 aromatic heterocycles. The molecule has 1 aromatic rings. The number of hydrogen-bond acceptors (Lipinski definition) is 4. The average Bonchev–Trinajstić information content (AvgIpc) is 2.14. The van der Waals surface area contributed by atoms with Gasteiger partial charge in [-0.15, -0.1) is 0 Å². The van der Waals surface area contributed by atoms with E-state index in [4.69, 9.17) is 9.84 Å². The zero-order valence-corrected chi connectivity index (χ0v) is 8.73. The maximum atomic E-state index is 11.4. The standard InChI is InChI=1S/C11H14O4/c1-11(2,14)7-15-10(13)8-3-5-9(12)6-4-8/h3-6,12,14H,7H2,1-2H3. The van der Waals surface area contributed by atoms with Crippen LogP contribution in [0.15, 0.2) is 24.3 Å². The molecular formula is C11H14O4. The van der Waals surface area contributed by atoms with Crippen LogP contribution in [0.1, 0.15) is 24.2 Å². The van der Waals surface area contributed by atoms with Crippen LogP contribution in [0, 0.1) is 0 Å². The lowest BCUT2D eigenvalue weighted by Crippen LogP contribution is -2.27. The van der Waals surface area contributed by atoms with Gasteiger partial charge in [-0.25, -0.2) is 4.79 Å².